The van der Waals surface area contributed by atoms with Crippen molar-refractivity contribution in [1.29, 1.82) is 0 Å². The summed E-state index contributed by atoms with van der Waals surface area (Å²) in [6, 6.07) is 0. The van der Waals surface area contributed by atoms with E-state index in [0.29, 0.717) is 18.4 Å². The average molecular weight is 122 g/mol. The quantitative estimate of drug-likeness (QED) is 0.500. The fraction of sp³-hybridized carbons (Fsp3) is 0.600. The topological polar surface area (TPSA) is 0 Å². The van der Waals surface area contributed by atoms with Gasteiger partial charge in [-0.15, -0.1) is 0 Å². The van der Waals surface area contributed by atoms with Gasteiger partial charge in [0.25, 0.3) is 6.43 Å². The van der Waals surface area contributed by atoms with Crippen molar-refractivity contribution in [3.05, 3.63) is 11.4 Å². The van der Waals surface area contributed by atoms with Crippen LogP contribution in [-0.2, 0) is 0 Å². The van der Waals surface area contributed by atoms with E-state index >= 15 is 0 Å². The molecule has 1 aliphatic carbocycles. The van der Waals surface area contributed by atoms with Gasteiger partial charge >= 0.3 is 0 Å². The molecule has 46 valence electrons. The van der Waals surface area contributed by atoms with Crippen LogP contribution in [0.1, 0.15) is 12.8 Å². The first-order valence-corrected chi connectivity index (χ1v) is 2.37. The SMILES string of the molecule is FC(=C1CC1)C(F)F. The maximum Gasteiger partial charge on any atom is 0.289 e. The van der Waals surface area contributed by atoms with Gasteiger partial charge in [-0.25, -0.2) is 13.2 Å². The molecule has 3 heteroatoms. The summed E-state index contributed by atoms with van der Waals surface area (Å²) in [4.78, 5) is 0. The number of rotatable bonds is 1. The maximum atomic E-state index is 11.8. The molecule has 0 unspecified atom stereocenters. The van der Waals surface area contributed by atoms with E-state index in [9.17, 15) is 13.2 Å². The lowest BCUT2D eigenvalue weighted by molar-refractivity contribution is 0.158. The highest BCUT2D eigenvalue weighted by molar-refractivity contribution is 5.21. The second-order valence-electron chi connectivity index (χ2n) is 1.75. The summed E-state index contributed by atoms with van der Waals surface area (Å²) < 4.78 is 34.4. The molecule has 0 heterocycles. The smallest absolute Gasteiger partial charge is 0.206 e. The second kappa shape index (κ2) is 1.80. The summed E-state index contributed by atoms with van der Waals surface area (Å²) in [6.45, 7) is 0. The van der Waals surface area contributed by atoms with Crippen LogP contribution in [-0.4, -0.2) is 6.43 Å². The molecule has 0 aromatic heterocycles. The van der Waals surface area contributed by atoms with Crippen LogP contribution in [0.5, 0.6) is 0 Å². The zero-order valence-corrected chi connectivity index (χ0v) is 4.13. The van der Waals surface area contributed by atoms with E-state index in [4.69, 9.17) is 0 Å². The van der Waals surface area contributed by atoms with Crippen molar-refractivity contribution >= 4 is 0 Å². The van der Waals surface area contributed by atoms with E-state index in [0.717, 1.165) is 0 Å². The van der Waals surface area contributed by atoms with Gasteiger partial charge in [0.2, 0.25) is 0 Å². The molecule has 0 aliphatic heterocycles. The van der Waals surface area contributed by atoms with Crippen molar-refractivity contribution in [1.82, 2.24) is 0 Å². The molecule has 1 rings (SSSR count). The van der Waals surface area contributed by atoms with Crippen LogP contribution in [0.2, 0.25) is 0 Å². The molecule has 0 amide bonds. The average Bonchev–Trinajstić information content (AvgIpc) is 2.43. The van der Waals surface area contributed by atoms with Gasteiger partial charge in [0.15, 0.2) is 5.83 Å². The van der Waals surface area contributed by atoms with Crippen molar-refractivity contribution in [3.8, 4) is 0 Å². The monoisotopic (exact) mass is 122 g/mol. The minimum Gasteiger partial charge on any atom is -0.206 e. The second-order valence-corrected chi connectivity index (χ2v) is 1.75. The molecule has 0 saturated heterocycles. The predicted octanol–water partition coefficient (Wildman–Crippen LogP) is 2.27. The number of hydrogen-bond donors (Lipinski definition) is 0. The molecule has 0 bridgehead atoms. The van der Waals surface area contributed by atoms with Crippen LogP contribution in [0, 0.1) is 0 Å². The Hall–Kier alpha value is -0.470. The van der Waals surface area contributed by atoms with Crippen LogP contribution < -0.4 is 0 Å². The van der Waals surface area contributed by atoms with Crippen LogP contribution in [0.4, 0.5) is 13.2 Å². The first-order valence-electron chi connectivity index (χ1n) is 2.37. The third kappa shape index (κ3) is 1.02. The summed E-state index contributed by atoms with van der Waals surface area (Å²) in [5, 5.41) is 0. The van der Waals surface area contributed by atoms with E-state index < -0.39 is 12.3 Å². The van der Waals surface area contributed by atoms with E-state index in [2.05, 4.69) is 0 Å². The van der Waals surface area contributed by atoms with Gasteiger partial charge in [-0.1, -0.05) is 0 Å². The molecular weight excluding hydrogens is 117 g/mol. The van der Waals surface area contributed by atoms with Crippen LogP contribution in [0.15, 0.2) is 11.4 Å². The molecular formula is C5H5F3. The van der Waals surface area contributed by atoms with Crippen molar-refractivity contribution < 1.29 is 13.2 Å². The standard InChI is InChI=1S/C5H5F3/c6-4(5(7)8)3-1-2-3/h5H,1-2H2. The van der Waals surface area contributed by atoms with E-state index in [1.54, 1.807) is 0 Å². The van der Waals surface area contributed by atoms with Crippen molar-refractivity contribution in [2.45, 2.75) is 19.3 Å². The predicted molar refractivity (Wildman–Crippen MR) is 23.4 cm³/mol. The Morgan fingerprint density at radius 1 is 1.38 bits per heavy atom. The minimum atomic E-state index is -2.88. The molecule has 0 radical (unpaired) electrons. The Bertz CT molecular complexity index is 120. The van der Waals surface area contributed by atoms with E-state index in [-0.39, 0.29) is 0 Å². The molecule has 1 fully saturated rings. The van der Waals surface area contributed by atoms with Crippen LogP contribution in [0.3, 0.4) is 0 Å². The maximum absolute atomic E-state index is 11.8. The molecule has 0 atom stereocenters. The Morgan fingerprint density at radius 3 is 2.00 bits per heavy atom. The first-order chi connectivity index (χ1) is 3.72. The lowest BCUT2D eigenvalue weighted by Gasteiger charge is -1.88. The Morgan fingerprint density at radius 2 is 1.88 bits per heavy atom. The third-order valence-corrected chi connectivity index (χ3v) is 1.03. The minimum absolute atomic E-state index is 0.292. The lowest BCUT2D eigenvalue weighted by Crippen LogP contribution is -1.88. The fourth-order valence-corrected chi connectivity index (χ4v) is 0.456. The van der Waals surface area contributed by atoms with Gasteiger partial charge in [-0.2, -0.15) is 0 Å². The highest BCUT2D eigenvalue weighted by Crippen LogP contribution is 2.34. The normalized spacial score (nSPS) is 17.2. The van der Waals surface area contributed by atoms with Crippen LogP contribution in [0.25, 0.3) is 0 Å². The highest BCUT2D eigenvalue weighted by Gasteiger charge is 2.23. The van der Waals surface area contributed by atoms with E-state index in [1.165, 1.54) is 0 Å². The summed E-state index contributed by atoms with van der Waals surface area (Å²) in [6.07, 6.45) is -1.83. The van der Waals surface area contributed by atoms with Crippen molar-refractivity contribution in [3.63, 3.8) is 0 Å². The lowest BCUT2D eigenvalue weighted by atomic mass is 10.5. The Kier molecular flexibility index (Phi) is 1.27. The van der Waals surface area contributed by atoms with Gasteiger partial charge in [-0.3, -0.25) is 0 Å². The zero-order valence-electron chi connectivity index (χ0n) is 4.13. The summed E-state index contributed by atoms with van der Waals surface area (Å²) in [5.41, 5.74) is 0.292. The molecule has 1 aliphatic rings. The van der Waals surface area contributed by atoms with Crippen molar-refractivity contribution in [2.24, 2.45) is 0 Å². The van der Waals surface area contributed by atoms with Gasteiger partial charge < -0.3 is 0 Å². The molecule has 8 heavy (non-hydrogen) atoms. The van der Waals surface area contributed by atoms with Gasteiger partial charge in [-0.05, 0) is 18.4 Å². The molecule has 1 saturated carbocycles. The van der Waals surface area contributed by atoms with E-state index in [1.807, 2.05) is 0 Å². The van der Waals surface area contributed by atoms with Gasteiger partial charge in [0, 0.05) is 0 Å². The highest BCUT2D eigenvalue weighted by atomic mass is 19.3. The van der Waals surface area contributed by atoms with Crippen molar-refractivity contribution in [2.75, 3.05) is 0 Å². The Balaban J connectivity index is 2.56. The fourth-order valence-electron chi connectivity index (χ4n) is 0.456. The summed E-state index contributed by atoms with van der Waals surface area (Å²) >= 11 is 0. The number of alkyl halides is 2. The Labute approximate surface area is 45.0 Å². The summed E-state index contributed by atoms with van der Waals surface area (Å²) in [5.74, 6) is -1.20. The zero-order chi connectivity index (χ0) is 6.15. The molecule has 0 aromatic rings. The largest absolute Gasteiger partial charge is 0.289 e. The van der Waals surface area contributed by atoms with Gasteiger partial charge in [0.05, 0.1) is 0 Å². The number of hydrogen-bond acceptors (Lipinski definition) is 0. The third-order valence-electron chi connectivity index (χ3n) is 1.03. The molecule has 0 spiro atoms. The van der Waals surface area contributed by atoms with Crippen LogP contribution >= 0.6 is 0 Å². The molecule has 0 nitrogen and oxygen atoms in total. The number of allylic oxidation sites excluding steroid dienone is 2. The summed E-state index contributed by atoms with van der Waals surface area (Å²) in [7, 11) is 0. The van der Waals surface area contributed by atoms with Gasteiger partial charge in [0.1, 0.15) is 0 Å². The number of halogens is 3. The first kappa shape index (κ1) is 5.66. The molecule has 0 N–H and O–H groups in total. The molecule has 0 aromatic carbocycles.